The van der Waals surface area contributed by atoms with Crippen LogP contribution in [0.1, 0.15) is 74.2 Å². The van der Waals surface area contributed by atoms with Crippen molar-refractivity contribution in [3.05, 3.63) is 29.3 Å². The second-order valence-electron chi connectivity index (χ2n) is 6.20. The minimum atomic E-state index is -0.944. The highest BCUT2D eigenvalue weighted by atomic mass is 16.5. The molecule has 0 aromatic heterocycles. The van der Waals surface area contributed by atoms with Gasteiger partial charge < -0.3 is 14.6 Å². The second-order valence-corrected chi connectivity index (χ2v) is 6.20. The topological polar surface area (TPSA) is 55.8 Å². The number of hydrogen-bond donors (Lipinski definition) is 1. The zero-order chi connectivity index (χ0) is 17.6. The summed E-state index contributed by atoms with van der Waals surface area (Å²) in [4.78, 5) is 11.4. The molecular formula is C20H32O4. The molecule has 0 amide bonds. The molecule has 1 aromatic carbocycles. The molecule has 0 heterocycles. The van der Waals surface area contributed by atoms with Crippen LogP contribution in [-0.2, 0) is 11.2 Å². The molecular weight excluding hydrogens is 304 g/mol. The quantitative estimate of drug-likeness (QED) is 0.481. The summed E-state index contributed by atoms with van der Waals surface area (Å²) in [5, 5.41) is 9.35. The van der Waals surface area contributed by atoms with E-state index in [1.807, 2.05) is 6.07 Å². The first-order valence-electron chi connectivity index (χ1n) is 9.17. The number of carbonyl (C=O) groups is 1. The van der Waals surface area contributed by atoms with E-state index in [1.165, 1.54) is 44.9 Å². The number of unbranched alkanes of at least 4 members (excludes halogenated alkanes) is 7. The SMILES string of the molecule is CCCCCCCCCCc1ccc(OCCOC)c(C(=O)O)c1. The highest BCUT2D eigenvalue weighted by Gasteiger charge is 2.12. The predicted molar refractivity (Wildman–Crippen MR) is 97.1 cm³/mol. The number of ether oxygens (including phenoxy) is 2. The van der Waals surface area contributed by atoms with Crippen molar-refractivity contribution in [1.29, 1.82) is 0 Å². The molecule has 0 aliphatic carbocycles. The summed E-state index contributed by atoms with van der Waals surface area (Å²) < 4.78 is 10.4. The van der Waals surface area contributed by atoms with Crippen molar-refractivity contribution in [3.63, 3.8) is 0 Å². The van der Waals surface area contributed by atoms with Gasteiger partial charge in [-0.25, -0.2) is 4.79 Å². The Bertz CT molecular complexity index is 471. The fourth-order valence-corrected chi connectivity index (χ4v) is 2.72. The van der Waals surface area contributed by atoms with Crippen molar-refractivity contribution in [2.24, 2.45) is 0 Å². The molecule has 0 aliphatic heterocycles. The van der Waals surface area contributed by atoms with Crippen LogP contribution in [0.3, 0.4) is 0 Å². The van der Waals surface area contributed by atoms with Gasteiger partial charge in [0.2, 0.25) is 0 Å². The number of aromatic carboxylic acids is 1. The van der Waals surface area contributed by atoms with E-state index in [2.05, 4.69) is 6.92 Å². The van der Waals surface area contributed by atoms with Gasteiger partial charge in [0.1, 0.15) is 17.9 Å². The summed E-state index contributed by atoms with van der Waals surface area (Å²) in [6.45, 7) is 3.03. The molecule has 0 saturated carbocycles. The molecule has 0 radical (unpaired) electrons. The third-order valence-corrected chi connectivity index (χ3v) is 4.14. The van der Waals surface area contributed by atoms with Crippen molar-refractivity contribution in [3.8, 4) is 5.75 Å². The van der Waals surface area contributed by atoms with Crippen molar-refractivity contribution >= 4 is 5.97 Å². The Hall–Kier alpha value is -1.55. The van der Waals surface area contributed by atoms with Crippen LogP contribution in [0.25, 0.3) is 0 Å². The smallest absolute Gasteiger partial charge is 0.339 e. The number of methoxy groups -OCH3 is 1. The third-order valence-electron chi connectivity index (χ3n) is 4.14. The molecule has 0 aliphatic rings. The van der Waals surface area contributed by atoms with Gasteiger partial charge in [-0.15, -0.1) is 0 Å². The minimum Gasteiger partial charge on any atom is -0.490 e. The van der Waals surface area contributed by atoms with Gasteiger partial charge >= 0.3 is 5.97 Å². The maximum absolute atomic E-state index is 11.4. The van der Waals surface area contributed by atoms with E-state index in [0.717, 1.165) is 18.4 Å². The standard InChI is InChI=1S/C20H32O4/c1-3-4-5-6-7-8-9-10-11-17-12-13-19(24-15-14-23-2)18(16-17)20(21)22/h12-13,16H,3-11,14-15H2,1-2H3,(H,21,22). The van der Waals surface area contributed by atoms with Crippen LogP contribution >= 0.6 is 0 Å². The fraction of sp³-hybridized carbons (Fsp3) is 0.650. The maximum Gasteiger partial charge on any atom is 0.339 e. The van der Waals surface area contributed by atoms with Crippen LogP contribution in [0.5, 0.6) is 5.75 Å². The number of hydrogen-bond acceptors (Lipinski definition) is 3. The van der Waals surface area contributed by atoms with E-state index in [9.17, 15) is 9.90 Å². The number of carboxylic acid groups (broad SMARTS) is 1. The zero-order valence-electron chi connectivity index (χ0n) is 15.2. The summed E-state index contributed by atoms with van der Waals surface area (Å²) in [6.07, 6.45) is 11.1. The van der Waals surface area contributed by atoms with Gasteiger partial charge in [0.25, 0.3) is 0 Å². The lowest BCUT2D eigenvalue weighted by atomic mass is 10.0. The summed E-state index contributed by atoms with van der Waals surface area (Å²) in [5.41, 5.74) is 1.31. The van der Waals surface area contributed by atoms with E-state index in [4.69, 9.17) is 9.47 Å². The van der Waals surface area contributed by atoms with Gasteiger partial charge in [0, 0.05) is 7.11 Å². The molecule has 0 fully saturated rings. The molecule has 1 rings (SSSR count). The van der Waals surface area contributed by atoms with Gasteiger partial charge in [-0.1, -0.05) is 57.9 Å². The van der Waals surface area contributed by atoms with Crippen LogP contribution in [0.2, 0.25) is 0 Å². The number of rotatable bonds is 14. The number of benzene rings is 1. The maximum atomic E-state index is 11.4. The van der Waals surface area contributed by atoms with E-state index < -0.39 is 5.97 Å². The predicted octanol–water partition coefficient (Wildman–Crippen LogP) is 5.09. The molecule has 4 nitrogen and oxygen atoms in total. The van der Waals surface area contributed by atoms with Crippen LogP contribution in [0, 0.1) is 0 Å². The van der Waals surface area contributed by atoms with Gasteiger partial charge in [0.15, 0.2) is 0 Å². The van der Waals surface area contributed by atoms with Crippen molar-refractivity contribution in [2.45, 2.75) is 64.7 Å². The molecule has 0 unspecified atom stereocenters. The molecule has 0 spiro atoms. The van der Waals surface area contributed by atoms with Gasteiger partial charge in [-0.05, 0) is 30.5 Å². The summed E-state index contributed by atoms with van der Waals surface area (Å²) in [6, 6.07) is 5.47. The molecule has 1 N–H and O–H groups in total. The Morgan fingerprint density at radius 2 is 1.67 bits per heavy atom. The van der Waals surface area contributed by atoms with Crippen LogP contribution in [0.15, 0.2) is 18.2 Å². The Balaban J connectivity index is 2.37. The Labute approximate surface area is 146 Å². The van der Waals surface area contributed by atoms with Crippen molar-refractivity contribution < 1.29 is 19.4 Å². The van der Waals surface area contributed by atoms with Crippen LogP contribution in [-0.4, -0.2) is 31.4 Å². The molecule has 24 heavy (non-hydrogen) atoms. The van der Waals surface area contributed by atoms with Crippen LogP contribution < -0.4 is 4.74 Å². The summed E-state index contributed by atoms with van der Waals surface area (Å²) >= 11 is 0. The monoisotopic (exact) mass is 336 g/mol. The van der Waals surface area contributed by atoms with E-state index in [1.54, 1.807) is 19.2 Å². The second kappa shape index (κ2) is 12.8. The normalized spacial score (nSPS) is 10.8. The van der Waals surface area contributed by atoms with Crippen molar-refractivity contribution in [1.82, 2.24) is 0 Å². The molecule has 0 saturated heterocycles. The summed E-state index contributed by atoms with van der Waals surface area (Å²) in [7, 11) is 1.59. The fourth-order valence-electron chi connectivity index (χ4n) is 2.72. The molecule has 0 bridgehead atoms. The Morgan fingerprint density at radius 3 is 2.29 bits per heavy atom. The minimum absolute atomic E-state index is 0.239. The Morgan fingerprint density at radius 1 is 1.00 bits per heavy atom. The molecule has 4 heteroatoms. The average Bonchev–Trinajstić information content (AvgIpc) is 2.58. The Kier molecular flexibility index (Phi) is 10.9. The van der Waals surface area contributed by atoms with E-state index in [0.29, 0.717) is 19.0 Å². The molecule has 136 valence electrons. The first-order valence-corrected chi connectivity index (χ1v) is 9.17. The van der Waals surface area contributed by atoms with Gasteiger partial charge in [0.05, 0.1) is 6.61 Å². The van der Waals surface area contributed by atoms with Gasteiger partial charge in [-0.3, -0.25) is 0 Å². The van der Waals surface area contributed by atoms with Gasteiger partial charge in [-0.2, -0.15) is 0 Å². The lowest BCUT2D eigenvalue weighted by Crippen LogP contribution is -2.08. The molecule has 0 atom stereocenters. The first-order chi connectivity index (χ1) is 11.7. The van der Waals surface area contributed by atoms with Crippen molar-refractivity contribution in [2.75, 3.05) is 20.3 Å². The lowest BCUT2D eigenvalue weighted by molar-refractivity contribution is 0.0689. The number of aryl methyl sites for hydroxylation is 1. The highest BCUT2D eigenvalue weighted by molar-refractivity contribution is 5.91. The average molecular weight is 336 g/mol. The highest BCUT2D eigenvalue weighted by Crippen LogP contribution is 2.22. The largest absolute Gasteiger partial charge is 0.490 e. The molecule has 1 aromatic rings. The van der Waals surface area contributed by atoms with Crippen LogP contribution in [0.4, 0.5) is 0 Å². The first kappa shape index (κ1) is 20.5. The van der Waals surface area contributed by atoms with E-state index >= 15 is 0 Å². The summed E-state index contributed by atoms with van der Waals surface area (Å²) in [5.74, 6) is -0.528. The lowest BCUT2D eigenvalue weighted by Gasteiger charge is -2.10. The number of carboxylic acids is 1. The third kappa shape index (κ3) is 8.34. The van der Waals surface area contributed by atoms with E-state index in [-0.39, 0.29) is 5.56 Å². The zero-order valence-corrected chi connectivity index (χ0v) is 15.2.